The van der Waals surface area contributed by atoms with E-state index in [2.05, 4.69) is 10.3 Å². The number of benzene rings is 1. The van der Waals surface area contributed by atoms with Crippen molar-refractivity contribution < 1.29 is 4.79 Å². The van der Waals surface area contributed by atoms with E-state index in [9.17, 15) is 4.79 Å². The summed E-state index contributed by atoms with van der Waals surface area (Å²) in [7, 11) is 0. The first-order chi connectivity index (χ1) is 8.69. The van der Waals surface area contributed by atoms with Crippen molar-refractivity contribution in [2.24, 2.45) is 0 Å². The molecule has 1 N–H and O–H groups in total. The van der Waals surface area contributed by atoms with Gasteiger partial charge < -0.3 is 5.32 Å². The van der Waals surface area contributed by atoms with Crippen molar-refractivity contribution in [1.82, 2.24) is 10.3 Å². The van der Waals surface area contributed by atoms with Crippen LogP contribution in [0.2, 0.25) is 0 Å². The maximum Gasteiger partial charge on any atom is 0.263 e. The van der Waals surface area contributed by atoms with Crippen LogP contribution in [-0.4, -0.2) is 10.9 Å². The molecule has 1 amide bonds. The monoisotopic (exact) mass is 260 g/mol. The number of aromatic nitrogens is 1. The quantitative estimate of drug-likeness (QED) is 0.918. The van der Waals surface area contributed by atoms with Crippen molar-refractivity contribution in [2.45, 2.75) is 26.8 Å². The van der Waals surface area contributed by atoms with E-state index in [0.717, 1.165) is 17.0 Å². The minimum atomic E-state index is -0.0484. The molecular formula is C14H16N2OS. The van der Waals surface area contributed by atoms with Crippen molar-refractivity contribution >= 4 is 17.2 Å². The molecule has 0 fully saturated rings. The molecule has 18 heavy (non-hydrogen) atoms. The molecule has 0 aliphatic rings. The van der Waals surface area contributed by atoms with Crippen LogP contribution in [-0.2, 0) is 13.0 Å². The van der Waals surface area contributed by atoms with Gasteiger partial charge in [-0.15, -0.1) is 11.3 Å². The number of rotatable bonds is 4. The van der Waals surface area contributed by atoms with Gasteiger partial charge in [-0.3, -0.25) is 4.79 Å². The highest BCUT2D eigenvalue weighted by Crippen LogP contribution is 2.13. The number of hydrogen-bond donors (Lipinski definition) is 1. The number of nitrogens with zero attached hydrogens (tertiary/aromatic N) is 1. The Kier molecular flexibility index (Phi) is 4.10. The topological polar surface area (TPSA) is 42.0 Å². The highest BCUT2D eigenvalue weighted by atomic mass is 32.1. The Hall–Kier alpha value is -1.68. The Labute approximate surface area is 111 Å². The summed E-state index contributed by atoms with van der Waals surface area (Å²) < 4.78 is 0. The van der Waals surface area contributed by atoms with Gasteiger partial charge in [-0.25, -0.2) is 4.98 Å². The second-order valence-electron chi connectivity index (χ2n) is 4.14. The van der Waals surface area contributed by atoms with Gasteiger partial charge in [0.1, 0.15) is 4.88 Å². The lowest BCUT2D eigenvalue weighted by molar-refractivity contribution is 0.0955. The molecule has 94 valence electrons. The van der Waals surface area contributed by atoms with E-state index in [1.807, 2.05) is 38.1 Å². The molecule has 2 aromatic rings. The van der Waals surface area contributed by atoms with Crippen molar-refractivity contribution in [3.8, 4) is 0 Å². The molecule has 0 spiro atoms. The lowest BCUT2D eigenvalue weighted by atomic mass is 10.1. The molecule has 3 nitrogen and oxygen atoms in total. The Balaban J connectivity index is 1.93. The standard InChI is InChI=1S/C14H16N2OS/c1-3-13-15-9-12(18-13)14(17)16-8-11-6-4-10(2)5-7-11/h4-7,9H,3,8H2,1-2H3,(H,16,17). The predicted octanol–water partition coefficient (Wildman–Crippen LogP) is 2.94. The Morgan fingerprint density at radius 1 is 1.33 bits per heavy atom. The largest absolute Gasteiger partial charge is 0.347 e. The van der Waals surface area contributed by atoms with Crippen molar-refractivity contribution in [1.29, 1.82) is 0 Å². The molecule has 2 rings (SSSR count). The van der Waals surface area contributed by atoms with Gasteiger partial charge >= 0.3 is 0 Å². The molecule has 4 heteroatoms. The minimum absolute atomic E-state index is 0.0484. The molecular weight excluding hydrogens is 244 g/mol. The van der Waals surface area contributed by atoms with Gasteiger partial charge in [0.15, 0.2) is 0 Å². The van der Waals surface area contributed by atoms with E-state index < -0.39 is 0 Å². The van der Waals surface area contributed by atoms with Gasteiger partial charge in [-0.05, 0) is 18.9 Å². The Bertz CT molecular complexity index is 531. The van der Waals surface area contributed by atoms with E-state index >= 15 is 0 Å². The van der Waals surface area contributed by atoms with Gasteiger partial charge in [0.05, 0.1) is 11.2 Å². The van der Waals surface area contributed by atoms with Crippen molar-refractivity contribution in [3.05, 3.63) is 51.5 Å². The summed E-state index contributed by atoms with van der Waals surface area (Å²) in [5, 5.41) is 3.90. The Morgan fingerprint density at radius 3 is 2.67 bits per heavy atom. The fourth-order valence-electron chi connectivity index (χ4n) is 1.55. The van der Waals surface area contributed by atoms with Crippen LogP contribution in [0.4, 0.5) is 0 Å². The molecule has 0 unspecified atom stereocenters. The van der Waals surface area contributed by atoms with Crippen LogP contribution in [0.15, 0.2) is 30.5 Å². The van der Waals surface area contributed by atoms with Crippen LogP contribution in [0.3, 0.4) is 0 Å². The Morgan fingerprint density at radius 2 is 2.06 bits per heavy atom. The summed E-state index contributed by atoms with van der Waals surface area (Å²) in [5.41, 5.74) is 2.33. The maximum atomic E-state index is 11.9. The fraction of sp³-hybridized carbons (Fsp3) is 0.286. The zero-order valence-electron chi connectivity index (χ0n) is 10.6. The average molecular weight is 260 g/mol. The zero-order valence-corrected chi connectivity index (χ0v) is 11.4. The fourth-order valence-corrected chi connectivity index (χ4v) is 2.33. The molecule has 0 radical (unpaired) electrons. The summed E-state index contributed by atoms with van der Waals surface area (Å²) >= 11 is 1.46. The maximum absolute atomic E-state index is 11.9. The van der Waals surface area contributed by atoms with Crippen molar-refractivity contribution in [2.75, 3.05) is 0 Å². The molecule has 0 saturated heterocycles. The third-order valence-corrected chi connectivity index (χ3v) is 3.79. The van der Waals surface area contributed by atoms with E-state index in [1.54, 1.807) is 6.20 Å². The van der Waals surface area contributed by atoms with Crippen LogP contribution >= 0.6 is 11.3 Å². The lowest BCUT2D eigenvalue weighted by Gasteiger charge is -2.03. The molecule has 0 aliphatic carbocycles. The summed E-state index contributed by atoms with van der Waals surface area (Å²) in [4.78, 5) is 16.7. The van der Waals surface area contributed by atoms with Crippen LogP contribution in [0.25, 0.3) is 0 Å². The number of amides is 1. The van der Waals surface area contributed by atoms with Crippen LogP contribution in [0.5, 0.6) is 0 Å². The first-order valence-corrected chi connectivity index (χ1v) is 6.79. The van der Waals surface area contributed by atoms with Crippen LogP contribution in [0, 0.1) is 6.92 Å². The van der Waals surface area contributed by atoms with Gasteiger partial charge in [0.25, 0.3) is 5.91 Å². The van der Waals surface area contributed by atoms with Crippen LogP contribution < -0.4 is 5.32 Å². The average Bonchev–Trinajstić information content (AvgIpc) is 2.86. The second kappa shape index (κ2) is 5.78. The molecule has 1 heterocycles. The first-order valence-electron chi connectivity index (χ1n) is 5.97. The first kappa shape index (κ1) is 12.8. The molecule has 0 saturated carbocycles. The van der Waals surface area contributed by atoms with E-state index in [1.165, 1.54) is 16.9 Å². The van der Waals surface area contributed by atoms with Crippen LogP contribution in [0.1, 0.15) is 32.7 Å². The van der Waals surface area contributed by atoms with Gasteiger partial charge in [-0.1, -0.05) is 36.8 Å². The SMILES string of the molecule is CCc1ncc(C(=O)NCc2ccc(C)cc2)s1. The van der Waals surface area contributed by atoms with Gasteiger partial charge in [0, 0.05) is 6.54 Å². The molecule has 0 atom stereocenters. The van der Waals surface area contributed by atoms with E-state index in [-0.39, 0.29) is 5.91 Å². The number of carbonyl (C=O) groups is 1. The summed E-state index contributed by atoms with van der Waals surface area (Å²) in [5.74, 6) is -0.0484. The van der Waals surface area contributed by atoms with Gasteiger partial charge in [-0.2, -0.15) is 0 Å². The third-order valence-electron chi connectivity index (χ3n) is 2.65. The number of thiazole rings is 1. The summed E-state index contributed by atoms with van der Waals surface area (Å²) in [6.07, 6.45) is 2.52. The molecule has 0 bridgehead atoms. The lowest BCUT2D eigenvalue weighted by Crippen LogP contribution is -2.21. The minimum Gasteiger partial charge on any atom is -0.347 e. The number of carbonyl (C=O) groups excluding carboxylic acids is 1. The number of nitrogens with one attached hydrogen (secondary N) is 1. The van der Waals surface area contributed by atoms with E-state index in [0.29, 0.717) is 11.4 Å². The predicted molar refractivity (Wildman–Crippen MR) is 73.8 cm³/mol. The smallest absolute Gasteiger partial charge is 0.263 e. The van der Waals surface area contributed by atoms with E-state index in [4.69, 9.17) is 0 Å². The number of aryl methyl sites for hydroxylation is 2. The highest BCUT2D eigenvalue weighted by molar-refractivity contribution is 7.13. The molecule has 1 aromatic heterocycles. The van der Waals surface area contributed by atoms with Gasteiger partial charge in [0.2, 0.25) is 0 Å². The zero-order chi connectivity index (χ0) is 13.0. The van der Waals surface area contributed by atoms with Crippen molar-refractivity contribution in [3.63, 3.8) is 0 Å². The summed E-state index contributed by atoms with van der Waals surface area (Å²) in [6, 6.07) is 8.15. The molecule has 0 aliphatic heterocycles. The number of hydrogen-bond acceptors (Lipinski definition) is 3. The normalized spacial score (nSPS) is 10.3. The molecule has 1 aromatic carbocycles. The highest BCUT2D eigenvalue weighted by Gasteiger charge is 2.09. The second-order valence-corrected chi connectivity index (χ2v) is 5.26. The third kappa shape index (κ3) is 3.17. The summed E-state index contributed by atoms with van der Waals surface area (Å²) in [6.45, 7) is 4.64.